The summed E-state index contributed by atoms with van der Waals surface area (Å²) in [7, 11) is 0. The first kappa shape index (κ1) is 17.4. The first-order valence-electron chi connectivity index (χ1n) is 8.31. The zero-order valence-electron chi connectivity index (χ0n) is 14.2. The monoisotopic (exact) mass is 346 g/mol. The van der Waals surface area contributed by atoms with Crippen molar-refractivity contribution in [3.05, 3.63) is 108 Å². The zero-order chi connectivity index (χ0) is 18.2. The molecule has 3 aromatic rings. The number of amides is 2. The molecule has 0 aliphatic heterocycles. The molecule has 0 saturated heterocycles. The highest BCUT2D eigenvalue weighted by molar-refractivity contribution is 5.92. The summed E-state index contributed by atoms with van der Waals surface area (Å²) in [6, 6.07) is 25.1. The molecule has 0 unspecified atom stereocenters. The van der Waals surface area contributed by atoms with E-state index in [9.17, 15) is 9.18 Å². The second kappa shape index (κ2) is 8.62. The maximum absolute atomic E-state index is 12.9. The summed E-state index contributed by atoms with van der Waals surface area (Å²) in [6.07, 6.45) is 3.29. The molecule has 0 heterocycles. The molecule has 26 heavy (non-hydrogen) atoms. The zero-order valence-corrected chi connectivity index (χ0v) is 14.2. The third kappa shape index (κ3) is 4.80. The maximum atomic E-state index is 12.9. The van der Waals surface area contributed by atoms with E-state index in [-0.39, 0.29) is 11.8 Å². The van der Waals surface area contributed by atoms with Gasteiger partial charge < -0.3 is 5.32 Å². The van der Waals surface area contributed by atoms with E-state index in [2.05, 4.69) is 5.32 Å². The molecular weight excluding hydrogens is 327 g/mol. The average Bonchev–Trinajstić information content (AvgIpc) is 2.69. The highest BCUT2D eigenvalue weighted by Gasteiger charge is 2.14. The molecule has 3 nitrogen and oxygen atoms in total. The maximum Gasteiger partial charge on any atom is 0.326 e. The van der Waals surface area contributed by atoms with Gasteiger partial charge in [0.15, 0.2) is 0 Å². The van der Waals surface area contributed by atoms with Crippen LogP contribution in [0.4, 0.5) is 14.9 Å². The van der Waals surface area contributed by atoms with E-state index in [4.69, 9.17) is 0 Å². The number of rotatable bonds is 5. The van der Waals surface area contributed by atoms with Crippen LogP contribution in [0.3, 0.4) is 0 Å². The van der Waals surface area contributed by atoms with Gasteiger partial charge in [-0.15, -0.1) is 0 Å². The first-order valence-corrected chi connectivity index (χ1v) is 8.31. The van der Waals surface area contributed by atoms with E-state index in [1.807, 2.05) is 60.7 Å². The molecule has 4 heteroatoms. The normalized spacial score (nSPS) is 10.7. The third-order valence-electron chi connectivity index (χ3n) is 3.85. The largest absolute Gasteiger partial charge is 0.326 e. The molecule has 0 fully saturated rings. The summed E-state index contributed by atoms with van der Waals surface area (Å²) in [5.41, 5.74) is 2.65. The number of para-hydroxylation sites is 1. The molecule has 0 aliphatic carbocycles. The second-order valence-corrected chi connectivity index (χ2v) is 5.74. The van der Waals surface area contributed by atoms with Crippen molar-refractivity contribution in [3.8, 4) is 0 Å². The predicted octanol–water partition coefficient (Wildman–Crippen LogP) is 5.21. The topological polar surface area (TPSA) is 32.3 Å². The van der Waals surface area contributed by atoms with Crippen LogP contribution in [0.2, 0.25) is 0 Å². The summed E-state index contributed by atoms with van der Waals surface area (Å²) in [6.45, 7) is 0.459. The first-order chi connectivity index (χ1) is 12.7. The van der Waals surface area contributed by atoms with Gasteiger partial charge in [-0.1, -0.05) is 60.7 Å². The van der Waals surface area contributed by atoms with Crippen LogP contribution in [-0.4, -0.2) is 6.03 Å². The smallest absolute Gasteiger partial charge is 0.314 e. The number of carbonyl (C=O) groups is 1. The minimum Gasteiger partial charge on any atom is -0.314 e. The third-order valence-corrected chi connectivity index (χ3v) is 3.85. The van der Waals surface area contributed by atoms with E-state index >= 15 is 0 Å². The molecular formula is C22H19FN2O. The van der Waals surface area contributed by atoms with Gasteiger partial charge in [0.25, 0.3) is 0 Å². The van der Waals surface area contributed by atoms with Crippen LogP contribution in [0, 0.1) is 5.82 Å². The lowest BCUT2D eigenvalue weighted by Gasteiger charge is -2.22. The summed E-state index contributed by atoms with van der Waals surface area (Å²) in [4.78, 5) is 14.4. The predicted molar refractivity (Wildman–Crippen MR) is 103 cm³/mol. The molecule has 0 saturated carbocycles. The van der Waals surface area contributed by atoms with Crippen LogP contribution >= 0.6 is 0 Å². The molecule has 0 spiro atoms. The van der Waals surface area contributed by atoms with Crippen LogP contribution in [0.15, 0.2) is 91.1 Å². The second-order valence-electron chi connectivity index (χ2n) is 5.74. The Labute approximate surface area is 152 Å². The van der Waals surface area contributed by atoms with Crippen LogP contribution in [0.5, 0.6) is 0 Å². The fourth-order valence-corrected chi connectivity index (χ4v) is 2.52. The van der Waals surface area contributed by atoms with Gasteiger partial charge in [0, 0.05) is 11.9 Å². The number of carbonyl (C=O) groups excluding carboxylic acids is 1. The molecule has 2 amide bonds. The standard InChI is InChI=1S/C22H19FN2O/c23-20-13-11-18(12-14-20)15-16-24-22(26)25(21-9-5-2-6-10-21)17-19-7-3-1-4-8-19/h1-16H,17H2,(H,24,26)/b16-15+. The number of nitrogens with zero attached hydrogens (tertiary/aromatic N) is 1. The van der Waals surface area contributed by atoms with Crippen molar-refractivity contribution in [2.24, 2.45) is 0 Å². The lowest BCUT2D eigenvalue weighted by atomic mass is 10.2. The molecule has 3 rings (SSSR count). The van der Waals surface area contributed by atoms with Gasteiger partial charge in [0.05, 0.1) is 6.54 Å². The van der Waals surface area contributed by atoms with Crippen molar-refractivity contribution in [3.63, 3.8) is 0 Å². The van der Waals surface area contributed by atoms with Crippen LogP contribution < -0.4 is 10.2 Å². The highest BCUT2D eigenvalue weighted by atomic mass is 19.1. The minimum atomic E-state index is -0.288. The van der Waals surface area contributed by atoms with E-state index in [0.29, 0.717) is 6.54 Å². The van der Waals surface area contributed by atoms with Gasteiger partial charge in [-0.05, 0) is 41.5 Å². The summed E-state index contributed by atoms with van der Waals surface area (Å²) in [5.74, 6) is -0.288. The Morgan fingerprint density at radius 3 is 2.15 bits per heavy atom. The van der Waals surface area contributed by atoms with E-state index in [1.54, 1.807) is 29.3 Å². The fourth-order valence-electron chi connectivity index (χ4n) is 2.52. The Morgan fingerprint density at radius 1 is 0.885 bits per heavy atom. The molecule has 0 radical (unpaired) electrons. The Kier molecular flexibility index (Phi) is 5.78. The number of nitrogens with one attached hydrogen (secondary N) is 1. The molecule has 0 atom stereocenters. The molecule has 0 bridgehead atoms. The quantitative estimate of drug-likeness (QED) is 0.675. The Morgan fingerprint density at radius 2 is 1.50 bits per heavy atom. The van der Waals surface area contributed by atoms with Gasteiger partial charge in [-0.3, -0.25) is 4.90 Å². The molecule has 130 valence electrons. The summed E-state index contributed by atoms with van der Waals surface area (Å²) < 4.78 is 12.9. The van der Waals surface area contributed by atoms with Crippen LogP contribution in [0.1, 0.15) is 11.1 Å². The Hall–Kier alpha value is -3.40. The molecule has 0 aromatic heterocycles. The molecule has 1 N–H and O–H groups in total. The van der Waals surface area contributed by atoms with Crippen molar-refractivity contribution >= 4 is 17.8 Å². The Balaban J connectivity index is 1.73. The highest BCUT2D eigenvalue weighted by Crippen LogP contribution is 2.17. The number of urea groups is 1. The average molecular weight is 346 g/mol. The minimum absolute atomic E-state index is 0.238. The lowest BCUT2D eigenvalue weighted by Crippen LogP contribution is -2.37. The van der Waals surface area contributed by atoms with E-state index in [0.717, 1.165) is 16.8 Å². The summed E-state index contributed by atoms with van der Waals surface area (Å²) >= 11 is 0. The Bertz CT molecular complexity index is 862. The van der Waals surface area contributed by atoms with Crippen LogP contribution in [-0.2, 0) is 6.54 Å². The van der Waals surface area contributed by atoms with Crippen molar-refractivity contribution < 1.29 is 9.18 Å². The number of hydrogen-bond donors (Lipinski definition) is 1. The number of halogens is 1. The van der Waals surface area contributed by atoms with Gasteiger partial charge >= 0.3 is 6.03 Å². The van der Waals surface area contributed by atoms with Gasteiger partial charge in [-0.25, -0.2) is 9.18 Å². The van der Waals surface area contributed by atoms with Crippen molar-refractivity contribution in [1.29, 1.82) is 0 Å². The fraction of sp³-hybridized carbons (Fsp3) is 0.0455. The van der Waals surface area contributed by atoms with E-state index < -0.39 is 0 Å². The van der Waals surface area contributed by atoms with Crippen molar-refractivity contribution in [2.45, 2.75) is 6.54 Å². The van der Waals surface area contributed by atoms with Crippen LogP contribution in [0.25, 0.3) is 6.08 Å². The van der Waals surface area contributed by atoms with Crippen molar-refractivity contribution in [2.75, 3.05) is 4.90 Å². The molecule has 3 aromatic carbocycles. The number of hydrogen-bond acceptors (Lipinski definition) is 1. The van der Waals surface area contributed by atoms with Gasteiger partial charge in [0.2, 0.25) is 0 Å². The number of anilines is 1. The van der Waals surface area contributed by atoms with E-state index in [1.165, 1.54) is 12.1 Å². The van der Waals surface area contributed by atoms with Crippen molar-refractivity contribution in [1.82, 2.24) is 5.32 Å². The lowest BCUT2D eigenvalue weighted by molar-refractivity contribution is 0.249. The van der Waals surface area contributed by atoms with Gasteiger partial charge in [-0.2, -0.15) is 0 Å². The SMILES string of the molecule is O=C(N/C=C/c1ccc(F)cc1)N(Cc1ccccc1)c1ccccc1. The molecule has 0 aliphatic rings. The summed E-state index contributed by atoms with van der Waals surface area (Å²) in [5, 5.41) is 2.78. The number of benzene rings is 3. The van der Waals surface area contributed by atoms with Gasteiger partial charge in [0.1, 0.15) is 5.82 Å².